The van der Waals surface area contributed by atoms with Gasteiger partial charge in [-0.3, -0.25) is 0 Å². The Morgan fingerprint density at radius 1 is 1.06 bits per heavy atom. The quantitative estimate of drug-likeness (QED) is 0.762. The van der Waals surface area contributed by atoms with E-state index >= 15 is 0 Å². The molecule has 2 atom stereocenters. The van der Waals surface area contributed by atoms with Crippen LogP contribution in [0.4, 0.5) is 0 Å². The Labute approximate surface area is 107 Å². The molecule has 17 heavy (non-hydrogen) atoms. The van der Waals surface area contributed by atoms with Crippen molar-refractivity contribution in [1.82, 2.24) is 0 Å². The molecule has 0 saturated heterocycles. The Kier molecular flexibility index (Phi) is 4.52. The van der Waals surface area contributed by atoms with E-state index in [1.807, 2.05) is 0 Å². The summed E-state index contributed by atoms with van der Waals surface area (Å²) < 4.78 is 0. The molecule has 0 bridgehead atoms. The number of rotatable bonds is 4. The van der Waals surface area contributed by atoms with Crippen LogP contribution in [0.25, 0.3) is 0 Å². The predicted molar refractivity (Wildman–Crippen MR) is 72.9 cm³/mol. The standard InChI is InChI=1S/C16H30O/c1-13(2)10-15-8-5-9-16(17,12-15)11-14-6-3-4-7-14/h13-15,17H,3-12H2,1-2H3. The van der Waals surface area contributed by atoms with E-state index in [4.69, 9.17) is 0 Å². The van der Waals surface area contributed by atoms with E-state index in [0.29, 0.717) is 0 Å². The molecule has 2 aliphatic rings. The van der Waals surface area contributed by atoms with Crippen LogP contribution >= 0.6 is 0 Å². The second-order valence-electron chi connectivity index (χ2n) is 7.17. The van der Waals surface area contributed by atoms with Crippen molar-refractivity contribution in [3.05, 3.63) is 0 Å². The summed E-state index contributed by atoms with van der Waals surface area (Å²) in [5, 5.41) is 10.8. The maximum absolute atomic E-state index is 10.8. The highest BCUT2D eigenvalue weighted by molar-refractivity contribution is 4.89. The monoisotopic (exact) mass is 238 g/mol. The third kappa shape index (κ3) is 3.98. The van der Waals surface area contributed by atoms with E-state index in [2.05, 4.69) is 13.8 Å². The molecule has 0 aromatic rings. The third-order valence-corrected chi connectivity index (χ3v) is 4.87. The van der Waals surface area contributed by atoms with Gasteiger partial charge in [0.05, 0.1) is 5.60 Å². The molecule has 0 amide bonds. The van der Waals surface area contributed by atoms with E-state index in [0.717, 1.165) is 37.0 Å². The second kappa shape index (κ2) is 5.73. The SMILES string of the molecule is CC(C)CC1CCCC(O)(CC2CCCC2)C1. The summed E-state index contributed by atoms with van der Waals surface area (Å²) in [7, 11) is 0. The highest BCUT2D eigenvalue weighted by Crippen LogP contribution is 2.42. The first-order chi connectivity index (χ1) is 8.07. The van der Waals surface area contributed by atoms with E-state index in [9.17, 15) is 5.11 Å². The van der Waals surface area contributed by atoms with E-state index in [1.54, 1.807) is 0 Å². The highest BCUT2D eigenvalue weighted by atomic mass is 16.3. The maximum atomic E-state index is 10.8. The topological polar surface area (TPSA) is 20.2 Å². The van der Waals surface area contributed by atoms with Crippen molar-refractivity contribution in [3.63, 3.8) is 0 Å². The van der Waals surface area contributed by atoms with Gasteiger partial charge in [-0.05, 0) is 43.4 Å². The largest absolute Gasteiger partial charge is 0.390 e. The molecule has 2 fully saturated rings. The molecule has 2 saturated carbocycles. The van der Waals surface area contributed by atoms with E-state index in [-0.39, 0.29) is 5.60 Å². The Bertz CT molecular complexity index is 230. The van der Waals surface area contributed by atoms with Crippen molar-refractivity contribution in [2.24, 2.45) is 17.8 Å². The molecule has 0 heterocycles. The smallest absolute Gasteiger partial charge is 0.0653 e. The zero-order chi connectivity index (χ0) is 12.3. The highest BCUT2D eigenvalue weighted by Gasteiger charge is 2.36. The molecular formula is C16H30O. The van der Waals surface area contributed by atoms with Gasteiger partial charge < -0.3 is 5.11 Å². The molecule has 2 rings (SSSR count). The van der Waals surface area contributed by atoms with Gasteiger partial charge in [-0.15, -0.1) is 0 Å². The number of hydrogen-bond donors (Lipinski definition) is 1. The van der Waals surface area contributed by atoms with Gasteiger partial charge in [-0.25, -0.2) is 0 Å². The summed E-state index contributed by atoms with van der Waals surface area (Å²) in [5.74, 6) is 2.40. The Morgan fingerprint density at radius 2 is 1.71 bits per heavy atom. The fraction of sp³-hybridized carbons (Fsp3) is 1.00. The van der Waals surface area contributed by atoms with Crippen molar-refractivity contribution in [1.29, 1.82) is 0 Å². The summed E-state index contributed by atoms with van der Waals surface area (Å²) in [4.78, 5) is 0. The lowest BCUT2D eigenvalue weighted by molar-refractivity contribution is -0.0378. The molecule has 1 nitrogen and oxygen atoms in total. The van der Waals surface area contributed by atoms with Crippen LogP contribution in [0.2, 0.25) is 0 Å². The van der Waals surface area contributed by atoms with Gasteiger partial charge in [-0.2, -0.15) is 0 Å². The van der Waals surface area contributed by atoms with Crippen LogP contribution in [0, 0.1) is 17.8 Å². The first-order valence-corrected chi connectivity index (χ1v) is 7.80. The van der Waals surface area contributed by atoms with Crippen molar-refractivity contribution in [3.8, 4) is 0 Å². The number of aliphatic hydroxyl groups is 1. The van der Waals surface area contributed by atoms with Crippen LogP contribution in [0.1, 0.15) is 78.1 Å². The van der Waals surface area contributed by atoms with Crippen LogP contribution in [-0.2, 0) is 0 Å². The first kappa shape index (κ1) is 13.4. The molecule has 100 valence electrons. The van der Waals surface area contributed by atoms with Crippen molar-refractivity contribution in [2.75, 3.05) is 0 Å². The minimum atomic E-state index is -0.299. The van der Waals surface area contributed by atoms with Gasteiger partial charge in [-0.1, -0.05) is 52.4 Å². The van der Waals surface area contributed by atoms with Gasteiger partial charge in [0, 0.05) is 0 Å². The average molecular weight is 238 g/mol. The van der Waals surface area contributed by atoms with Gasteiger partial charge in [0.1, 0.15) is 0 Å². The van der Waals surface area contributed by atoms with Crippen LogP contribution in [0.15, 0.2) is 0 Å². The lowest BCUT2D eigenvalue weighted by atomic mass is 9.71. The summed E-state index contributed by atoms with van der Waals surface area (Å²) >= 11 is 0. The molecule has 0 radical (unpaired) electrons. The predicted octanol–water partition coefficient (Wildman–Crippen LogP) is 4.53. The van der Waals surface area contributed by atoms with Crippen LogP contribution in [-0.4, -0.2) is 10.7 Å². The van der Waals surface area contributed by atoms with Crippen LogP contribution in [0.5, 0.6) is 0 Å². The van der Waals surface area contributed by atoms with Gasteiger partial charge in [0.15, 0.2) is 0 Å². The molecule has 0 aromatic heterocycles. The summed E-state index contributed by atoms with van der Waals surface area (Å²) in [5.41, 5.74) is -0.299. The van der Waals surface area contributed by atoms with Gasteiger partial charge >= 0.3 is 0 Å². The molecule has 2 aliphatic carbocycles. The average Bonchev–Trinajstić information content (AvgIpc) is 2.68. The fourth-order valence-corrected chi connectivity index (χ4v) is 4.27. The number of hydrogen-bond acceptors (Lipinski definition) is 1. The summed E-state index contributed by atoms with van der Waals surface area (Å²) in [6, 6.07) is 0. The van der Waals surface area contributed by atoms with Crippen molar-refractivity contribution in [2.45, 2.75) is 83.7 Å². The minimum absolute atomic E-state index is 0.299. The van der Waals surface area contributed by atoms with Crippen molar-refractivity contribution < 1.29 is 5.11 Å². The van der Waals surface area contributed by atoms with Crippen molar-refractivity contribution >= 4 is 0 Å². The summed E-state index contributed by atoms with van der Waals surface area (Å²) in [6.45, 7) is 4.62. The normalized spacial score (nSPS) is 35.6. The third-order valence-electron chi connectivity index (χ3n) is 4.87. The second-order valence-corrected chi connectivity index (χ2v) is 7.17. The molecule has 1 heteroatoms. The molecule has 1 N–H and O–H groups in total. The van der Waals surface area contributed by atoms with Gasteiger partial charge in [0.25, 0.3) is 0 Å². The van der Waals surface area contributed by atoms with Crippen LogP contribution < -0.4 is 0 Å². The lowest BCUT2D eigenvalue weighted by Crippen LogP contribution is -2.37. The lowest BCUT2D eigenvalue weighted by Gasteiger charge is -2.39. The van der Waals surface area contributed by atoms with Crippen LogP contribution in [0.3, 0.4) is 0 Å². The molecule has 0 spiro atoms. The first-order valence-electron chi connectivity index (χ1n) is 7.80. The fourth-order valence-electron chi connectivity index (χ4n) is 4.27. The van der Waals surface area contributed by atoms with Gasteiger partial charge in [0.2, 0.25) is 0 Å². The summed E-state index contributed by atoms with van der Waals surface area (Å²) in [6.07, 6.45) is 12.7. The molecule has 0 aliphatic heterocycles. The Morgan fingerprint density at radius 3 is 2.35 bits per heavy atom. The zero-order valence-corrected chi connectivity index (χ0v) is 11.8. The zero-order valence-electron chi connectivity index (χ0n) is 11.8. The van der Waals surface area contributed by atoms with E-state index in [1.165, 1.54) is 44.9 Å². The molecule has 2 unspecified atom stereocenters. The Hall–Kier alpha value is -0.0400. The molecule has 0 aromatic carbocycles. The Balaban J connectivity index is 1.85. The maximum Gasteiger partial charge on any atom is 0.0653 e. The minimum Gasteiger partial charge on any atom is -0.390 e. The molecular weight excluding hydrogens is 208 g/mol. The van der Waals surface area contributed by atoms with E-state index < -0.39 is 0 Å².